The van der Waals surface area contributed by atoms with Gasteiger partial charge in [0.25, 0.3) is 0 Å². The third-order valence-corrected chi connectivity index (χ3v) is 7.84. The first-order valence-electron chi connectivity index (χ1n) is 12.0. The van der Waals surface area contributed by atoms with Crippen LogP contribution in [0.15, 0.2) is 44.4 Å². The van der Waals surface area contributed by atoms with Gasteiger partial charge in [-0.2, -0.15) is 0 Å². The second kappa shape index (κ2) is 12.4. The molecular formula is C25H27BrF2N4O5S. The summed E-state index contributed by atoms with van der Waals surface area (Å²) in [5.74, 6) is -3.83. The number of hydrogen-bond donors (Lipinski definition) is 2. The minimum atomic E-state index is -1.08. The number of morpholine rings is 1. The van der Waals surface area contributed by atoms with Crippen LogP contribution < -0.4 is 5.32 Å². The molecule has 1 fully saturated rings. The number of thiazole rings is 1. The molecule has 9 nitrogen and oxygen atoms in total. The molecule has 204 valence electrons. The van der Waals surface area contributed by atoms with Crippen molar-refractivity contribution in [2.45, 2.75) is 32.4 Å². The van der Waals surface area contributed by atoms with Crippen LogP contribution in [0.4, 0.5) is 8.78 Å². The topological polar surface area (TPSA) is 113 Å². The molecule has 2 aromatic rings. The van der Waals surface area contributed by atoms with Gasteiger partial charge >= 0.3 is 11.9 Å². The van der Waals surface area contributed by atoms with E-state index in [-0.39, 0.29) is 34.9 Å². The van der Waals surface area contributed by atoms with Crippen molar-refractivity contribution in [3.63, 3.8) is 0 Å². The Hall–Kier alpha value is -2.74. The molecule has 1 unspecified atom stereocenters. The van der Waals surface area contributed by atoms with E-state index in [0.29, 0.717) is 42.7 Å². The third kappa shape index (κ3) is 6.28. The zero-order chi connectivity index (χ0) is 27.4. The summed E-state index contributed by atoms with van der Waals surface area (Å²) < 4.78 is 39.5. The molecule has 3 heterocycles. The third-order valence-electron chi connectivity index (χ3n) is 6.26. The van der Waals surface area contributed by atoms with Crippen molar-refractivity contribution in [1.82, 2.24) is 15.2 Å². The molecule has 0 spiro atoms. The summed E-state index contributed by atoms with van der Waals surface area (Å²) in [4.78, 5) is 35.7. The lowest BCUT2D eigenvalue weighted by Crippen LogP contribution is -2.47. The molecular weight excluding hydrogens is 586 g/mol. The molecule has 3 atom stereocenters. The molecule has 1 aromatic carbocycles. The maximum Gasteiger partial charge on any atom is 0.338 e. The lowest BCUT2D eigenvalue weighted by molar-refractivity contribution is -0.143. The summed E-state index contributed by atoms with van der Waals surface area (Å²) in [7, 11) is 0. The van der Waals surface area contributed by atoms with Crippen LogP contribution in [-0.2, 0) is 19.1 Å². The number of esters is 1. The quantitative estimate of drug-likeness (QED) is 0.324. The number of amidine groups is 1. The summed E-state index contributed by atoms with van der Waals surface area (Å²) in [5.41, 5.74) is 0.910. The van der Waals surface area contributed by atoms with E-state index < -0.39 is 35.5 Å². The second-order valence-corrected chi connectivity index (χ2v) is 10.6. The van der Waals surface area contributed by atoms with Crippen LogP contribution in [0.25, 0.3) is 0 Å². The number of ether oxygens (including phenoxy) is 2. The van der Waals surface area contributed by atoms with Gasteiger partial charge in [-0.3, -0.25) is 14.7 Å². The molecule has 0 radical (unpaired) electrons. The van der Waals surface area contributed by atoms with Crippen molar-refractivity contribution in [3.8, 4) is 0 Å². The summed E-state index contributed by atoms with van der Waals surface area (Å²) in [5, 5.41) is 14.9. The van der Waals surface area contributed by atoms with E-state index in [9.17, 15) is 23.5 Å². The maximum absolute atomic E-state index is 14.6. The van der Waals surface area contributed by atoms with Crippen LogP contribution in [0.5, 0.6) is 0 Å². The molecule has 2 aliphatic rings. The van der Waals surface area contributed by atoms with Crippen LogP contribution in [-0.4, -0.2) is 71.7 Å². The van der Waals surface area contributed by atoms with Gasteiger partial charge in [0.05, 0.1) is 35.3 Å². The van der Waals surface area contributed by atoms with Gasteiger partial charge in [0.2, 0.25) is 0 Å². The largest absolute Gasteiger partial charge is 0.481 e. The van der Waals surface area contributed by atoms with Gasteiger partial charge in [-0.15, -0.1) is 11.3 Å². The molecule has 0 saturated carbocycles. The van der Waals surface area contributed by atoms with Crippen molar-refractivity contribution >= 4 is 45.0 Å². The standard InChI is InChI=1S/C25H27BrF2N4O5S/c1-3-36-25(35)18-17(12-32-7-8-37-14(11-32)10-13(2)24(33)34)30-22(23-29-6-9-38-23)31-21(18)15-4-5-16(27)20(28)19(15)26/h4-6,9,13-14,21H,3,7-8,10-12H2,1-2H3,(H,30,31)(H,33,34)/t13?,14-,21+/m1/s1. The minimum Gasteiger partial charge on any atom is -0.481 e. The van der Waals surface area contributed by atoms with Crippen LogP contribution in [0.1, 0.15) is 36.9 Å². The number of carbonyl (C=O) groups is 2. The Morgan fingerprint density at radius 1 is 1.39 bits per heavy atom. The van der Waals surface area contributed by atoms with E-state index in [1.165, 1.54) is 17.4 Å². The summed E-state index contributed by atoms with van der Waals surface area (Å²) >= 11 is 4.48. The zero-order valence-corrected chi connectivity index (χ0v) is 23.2. The highest BCUT2D eigenvalue weighted by Crippen LogP contribution is 2.38. The van der Waals surface area contributed by atoms with Crippen molar-refractivity contribution in [3.05, 3.63) is 61.7 Å². The number of aliphatic imine (C=N–C) groups is 1. The number of aliphatic carboxylic acids is 1. The highest BCUT2D eigenvalue weighted by atomic mass is 79.9. The van der Waals surface area contributed by atoms with E-state index in [0.717, 1.165) is 6.07 Å². The van der Waals surface area contributed by atoms with Crippen molar-refractivity contribution < 1.29 is 33.0 Å². The Kier molecular flexibility index (Phi) is 9.23. The number of rotatable bonds is 9. The van der Waals surface area contributed by atoms with Crippen LogP contribution in [0, 0.1) is 17.6 Å². The van der Waals surface area contributed by atoms with Gasteiger partial charge in [-0.1, -0.05) is 13.0 Å². The van der Waals surface area contributed by atoms with Gasteiger partial charge in [-0.05, 0) is 40.9 Å². The van der Waals surface area contributed by atoms with Gasteiger partial charge in [0.15, 0.2) is 22.5 Å². The maximum atomic E-state index is 14.6. The molecule has 1 aromatic heterocycles. The van der Waals surface area contributed by atoms with Crippen molar-refractivity contribution in [2.24, 2.45) is 10.9 Å². The predicted molar refractivity (Wildman–Crippen MR) is 140 cm³/mol. The molecule has 0 aliphatic carbocycles. The summed E-state index contributed by atoms with van der Waals surface area (Å²) in [6.45, 7) is 5.07. The number of benzene rings is 1. The number of carbonyl (C=O) groups excluding carboxylic acids is 1. The van der Waals surface area contributed by atoms with Gasteiger partial charge < -0.3 is 19.9 Å². The molecule has 0 amide bonds. The SMILES string of the molecule is CCOC(=O)C1=C(CN2CCO[C@H](CC(C)C(=O)O)C2)NC(c2nccs2)=N[C@H]1c1ccc(F)c(F)c1Br. The molecule has 13 heteroatoms. The molecule has 1 saturated heterocycles. The number of aromatic nitrogens is 1. The number of nitrogens with one attached hydrogen (secondary N) is 1. The lowest BCUT2D eigenvalue weighted by Gasteiger charge is -2.36. The molecule has 38 heavy (non-hydrogen) atoms. The highest BCUT2D eigenvalue weighted by Gasteiger charge is 2.36. The van der Waals surface area contributed by atoms with Gasteiger partial charge in [-0.25, -0.2) is 18.6 Å². The fraction of sp³-hybridized carbons (Fsp3) is 0.440. The van der Waals surface area contributed by atoms with Gasteiger partial charge in [0.1, 0.15) is 6.04 Å². The van der Waals surface area contributed by atoms with Crippen LogP contribution in [0.3, 0.4) is 0 Å². The summed E-state index contributed by atoms with van der Waals surface area (Å²) in [6.07, 6.45) is 1.67. The molecule has 0 bridgehead atoms. The molecule has 4 rings (SSSR count). The zero-order valence-electron chi connectivity index (χ0n) is 20.7. The first kappa shape index (κ1) is 28.3. The normalized spacial score (nSPS) is 21.0. The molecule has 2 N–H and O–H groups in total. The Balaban J connectivity index is 1.74. The minimum absolute atomic E-state index is 0.108. The Morgan fingerprint density at radius 3 is 2.87 bits per heavy atom. The van der Waals surface area contributed by atoms with Crippen molar-refractivity contribution in [1.29, 1.82) is 0 Å². The van der Waals surface area contributed by atoms with Crippen molar-refractivity contribution in [2.75, 3.05) is 32.8 Å². The Bertz CT molecular complexity index is 1260. The highest BCUT2D eigenvalue weighted by molar-refractivity contribution is 9.10. The molecule has 2 aliphatic heterocycles. The predicted octanol–water partition coefficient (Wildman–Crippen LogP) is 3.90. The number of hydrogen-bond acceptors (Lipinski definition) is 9. The Morgan fingerprint density at radius 2 is 2.18 bits per heavy atom. The van der Waals surface area contributed by atoms with Crippen LogP contribution >= 0.6 is 27.3 Å². The first-order chi connectivity index (χ1) is 18.2. The number of nitrogens with zero attached hydrogens (tertiary/aromatic N) is 3. The smallest absolute Gasteiger partial charge is 0.338 e. The monoisotopic (exact) mass is 612 g/mol. The first-order valence-corrected chi connectivity index (χ1v) is 13.7. The van der Waals surface area contributed by atoms with E-state index in [1.54, 1.807) is 25.4 Å². The second-order valence-electron chi connectivity index (χ2n) is 8.92. The fourth-order valence-corrected chi connectivity index (χ4v) is 5.51. The van der Waals surface area contributed by atoms with E-state index in [1.807, 2.05) is 4.90 Å². The van der Waals surface area contributed by atoms with E-state index in [4.69, 9.17) is 14.5 Å². The number of halogens is 3. The average molecular weight is 613 g/mol. The van der Waals surface area contributed by atoms with E-state index >= 15 is 0 Å². The van der Waals surface area contributed by atoms with Gasteiger partial charge in [0, 0.05) is 36.9 Å². The average Bonchev–Trinajstić information content (AvgIpc) is 3.42. The fourth-order valence-electron chi connectivity index (χ4n) is 4.38. The number of carboxylic acid groups (broad SMARTS) is 1. The van der Waals surface area contributed by atoms with Crippen LogP contribution in [0.2, 0.25) is 0 Å². The lowest BCUT2D eigenvalue weighted by atomic mass is 9.95. The Labute approximate surface area is 230 Å². The number of carboxylic acids is 1. The summed E-state index contributed by atoms with van der Waals surface area (Å²) in [6, 6.07) is 1.38. The van der Waals surface area contributed by atoms with E-state index in [2.05, 4.69) is 26.2 Å².